The fraction of sp³-hybridized carbons (Fsp3) is 0.211. The summed E-state index contributed by atoms with van der Waals surface area (Å²) >= 11 is -0.303. The predicted octanol–water partition coefficient (Wildman–Crippen LogP) is 1.51. The molecular weight excluding hydrogens is 447 g/mol. The van der Waals surface area contributed by atoms with Crippen molar-refractivity contribution in [2.45, 2.75) is 13.0 Å². The van der Waals surface area contributed by atoms with Crippen molar-refractivity contribution in [2.24, 2.45) is 0 Å². The van der Waals surface area contributed by atoms with Gasteiger partial charge in [-0.15, -0.1) is 0 Å². The third-order valence-electron chi connectivity index (χ3n) is 3.53. The van der Waals surface area contributed by atoms with E-state index < -0.39 is 17.9 Å². The van der Waals surface area contributed by atoms with E-state index >= 15 is 0 Å². The van der Waals surface area contributed by atoms with Gasteiger partial charge in [0.15, 0.2) is 0 Å². The molecule has 2 amide bonds. The van der Waals surface area contributed by atoms with E-state index in [1.165, 1.54) is 24.2 Å². The number of anilines is 1. The molecule has 0 aliphatic heterocycles. The van der Waals surface area contributed by atoms with Crippen molar-refractivity contribution in [3.05, 3.63) is 54.1 Å². The van der Waals surface area contributed by atoms with E-state index in [0.29, 0.717) is 17.0 Å². The quantitative estimate of drug-likeness (QED) is 0.483. The summed E-state index contributed by atoms with van der Waals surface area (Å²) in [6.45, 7) is 1.28. The Morgan fingerprint density at radius 2 is 1.86 bits per heavy atom. The number of carboxylic acid groups (broad SMARTS) is 1. The molecule has 0 radical (unpaired) electrons. The number of carbonyl (C=O) groups is 3. The number of hydrogen-bond acceptors (Lipinski definition) is 5. The molecule has 1 atom stereocenters. The van der Waals surface area contributed by atoms with Crippen molar-refractivity contribution in [1.82, 2.24) is 5.32 Å². The number of rotatable bonds is 9. The van der Waals surface area contributed by atoms with Crippen molar-refractivity contribution in [1.29, 1.82) is 0 Å². The van der Waals surface area contributed by atoms with Crippen LogP contribution in [0, 0.1) is 0 Å². The van der Waals surface area contributed by atoms with Crippen LogP contribution in [0.1, 0.15) is 17.3 Å². The molecule has 2 rings (SSSR count). The van der Waals surface area contributed by atoms with Gasteiger partial charge in [-0.05, 0) is 0 Å². The zero-order valence-electron chi connectivity index (χ0n) is 15.3. The van der Waals surface area contributed by atoms with Crippen LogP contribution in [0.4, 0.5) is 5.69 Å². The summed E-state index contributed by atoms with van der Waals surface area (Å²) in [5, 5.41) is 14.5. The number of aliphatic carboxylic acids is 1. The van der Waals surface area contributed by atoms with E-state index in [4.69, 9.17) is 4.74 Å². The molecule has 7 nitrogen and oxygen atoms in total. The molecule has 9 heteroatoms. The fourth-order valence-electron chi connectivity index (χ4n) is 2.24. The van der Waals surface area contributed by atoms with Gasteiger partial charge in [0.05, 0.1) is 0 Å². The van der Waals surface area contributed by atoms with Gasteiger partial charge in [0.1, 0.15) is 0 Å². The number of hydrogen-bond donors (Lipinski definition) is 3. The topological polar surface area (TPSA) is 105 Å². The molecule has 0 fully saturated rings. The standard InChI is InChI=1S/C19H20N2O5SSe/c1-12(22)20-15(19(24)25)11-27-28-17-14(9-6-10-16(17)26-2)18(23)21-13-7-4-3-5-8-13/h3-10,15H,11H2,1-2H3,(H,20,22)(H,21,23)(H,24,25)/t15-/m0/s1. The molecule has 28 heavy (non-hydrogen) atoms. The van der Waals surface area contributed by atoms with Crippen LogP contribution in [0.25, 0.3) is 0 Å². The van der Waals surface area contributed by atoms with Crippen molar-refractivity contribution in [3.63, 3.8) is 0 Å². The maximum atomic E-state index is 12.7. The molecule has 0 aromatic heterocycles. The second-order valence-electron chi connectivity index (χ2n) is 5.62. The van der Waals surface area contributed by atoms with Crippen molar-refractivity contribution >= 4 is 51.9 Å². The van der Waals surface area contributed by atoms with E-state index in [-0.39, 0.29) is 25.5 Å². The van der Waals surface area contributed by atoms with Crippen molar-refractivity contribution in [2.75, 3.05) is 18.2 Å². The number of ether oxygens (including phenoxy) is 1. The molecule has 0 spiro atoms. The summed E-state index contributed by atoms with van der Waals surface area (Å²) < 4.78 is 6.12. The van der Waals surface area contributed by atoms with E-state index in [1.54, 1.807) is 30.3 Å². The third-order valence-corrected chi connectivity index (χ3v) is 7.81. The van der Waals surface area contributed by atoms with Crippen LogP contribution in [0.5, 0.6) is 5.75 Å². The first-order chi connectivity index (χ1) is 13.4. The van der Waals surface area contributed by atoms with Crippen LogP contribution < -0.4 is 19.8 Å². The van der Waals surface area contributed by atoms with Gasteiger partial charge in [0.25, 0.3) is 0 Å². The monoisotopic (exact) mass is 468 g/mol. The number of carboxylic acids is 1. The predicted molar refractivity (Wildman–Crippen MR) is 110 cm³/mol. The first-order valence-electron chi connectivity index (χ1n) is 8.25. The van der Waals surface area contributed by atoms with Crippen LogP contribution in [-0.4, -0.2) is 55.6 Å². The molecule has 3 N–H and O–H groups in total. The molecule has 0 aliphatic carbocycles. The molecule has 0 aliphatic rings. The Balaban J connectivity index is 2.15. The second-order valence-corrected chi connectivity index (χ2v) is 9.74. The van der Waals surface area contributed by atoms with Gasteiger partial charge in [0.2, 0.25) is 0 Å². The number of carbonyl (C=O) groups excluding carboxylic acids is 2. The Bertz CT molecular complexity index is 847. The Morgan fingerprint density at radius 1 is 1.14 bits per heavy atom. The first-order valence-corrected chi connectivity index (χ1v) is 12.1. The second kappa shape index (κ2) is 10.8. The maximum absolute atomic E-state index is 12.7. The minimum atomic E-state index is -1.10. The van der Waals surface area contributed by atoms with Crippen LogP contribution >= 0.6 is 10.2 Å². The molecule has 0 unspecified atom stereocenters. The van der Waals surface area contributed by atoms with Crippen molar-refractivity contribution < 1.29 is 24.2 Å². The molecule has 0 saturated heterocycles. The van der Waals surface area contributed by atoms with Crippen LogP contribution in [-0.2, 0) is 9.59 Å². The van der Waals surface area contributed by atoms with Crippen LogP contribution in [0.15, 0.2) is 48.5 Å². The molecule has 0 saturated carbocycles. The van der Waals surface area contributed by atoms with Gasteiger partial charge in [-0.1, -0.05) is 0 Å². The zero-order valence-corrected chi connectivity index (χ0v) is 17.8. The number of para-hydroxylation sites is 1. The molecular formula is C19H20N2O5SSe. The summed E-state index contributed by atoms with van der Waals surface area (Å²) in [6.07, 6.45) is 0. The Labute approximate surface area is 172 Å². The van der Waals surface area contributed by atoms with Gasteiger partial charge < -0.3 is 0 Å². The normalized spacial score (nSPS) is 11.4. The van der Waals surface area contributed by atoms with E-state index in [1.807, 2.05) is 18.2 Å². The van der Waals surface area contributed by atoms with Crippen molar-refractivity contribution in [3.8, 4) is 5.75 Å². The number of benzene rings is 2. The summed E-state index contributed by atoms with van der Waals surface area (Å²) in [7, 11) is 2.88. The summed E-state index contributed by atoms with van der Waals surface area (Å²) in [5.41, 5.74) is 1.15. The Kier molecular flexibility index (Phi) is 8.38. The Hall–Kier alpha value is -2.48. The molecule has 2 aromatic rings. The fourth-order valence-corrected chi connectivity index (χ4v) is 6.73. The molecule has 2 aromatic carbocycles. The van der Waals surface area contributed by atoms with E-state index in [2.05, 4.69) is 10.6 Å². The Morgan fingerprint density at radius 3 is 2.46 bits per heavy atom. The summed E-state index contributed by atoms with van der Waals surface area (Å²) in [4.78, 5) is 35.2. The minimum absolute atomic E-state index is 0.187. The summed E-state index contributed by atoms with van der Waals surface area (Å²) in [6, 6.07) is 13.3. The number of nitrogens with one attached hydrogen (secondary N) is 2. The number of amides is 2. The average Bonchev–Trinajstić information content (AvgIpc) is 2.67. The zero-order chi connectivity index (χ0) is 20.5. The molecule has 0 heterocycles. The van der Waals surface area contributed by atoms with Crippen LogP contribution in [0.3, 0.4) is 0 Å². The van der Waals surface area contributed by atoms with Gasteiger partial charge in [-0.2, -0.15) is 0 Å². The molecule has 0 bridgehead atoms. The van der Waals surface area contributed by atoms with E-state index in [9.17, 15) is 19.5 Å². The van der Waals surface area contributed by atoms with E-state index in [0.717, 1.165) is 4.46 Å². The van der Waals surface area contributed by atoms with Crippen LogP contribution in [0.2, 0.25) is 0 Å². The van der Waals surface area contributed by atoms with Gasteiger partial charge in [-0.25, -0.2) is 0 Å². The average molecular weight is 467 g/mol. The first kappa shape index (κ1) is 21.8. The van der Waals surface area contributed by atoms with Gasteiger partial charge >= 0.3 is 172 Å². The van der Waals surface area contributed by atoms with Gasteiger partial charge in [-0.3, -0.25) is 0 Å². The SMILES string of the molecule is COc1cccc(C(=O)Nc2ccccc2)c1[Se]SC[C@H](NC(C)=O)C(=O)O. The number of methoxy groups -OCH3 is 1. The third kappa shape index (κ3) is 6.30. The summed E-state index contributed by atoms with van der Waals surface area (Å²) in [5.74, 6) is -1.01. The molecule has 148 valence electrons. The van der Waals surface area contributed by atoms with Gasteiger partial charge in [0, 0.05) is 0 Å².